The van der Waals surface area contributed by atoms with Crippen LogP contribution in [0.2, 0.25) is 0 Å². The molecule has 2 N–H and O–H groups in total. The number of halogens is 1. The summed E-state index contributed by atoms with van der Waals surface area (Å²) in [5.41, 5.74) is 0.605. The first-order valence-electron chi connectivity index (χ1n) is 5.58. The van der Waals surface area contributed by atoms with Gasteiger partial charge in [0.05, 0.1) is 17.8 Å². The fourth-order valence-electron chi connectivity index (χ4n) is 2.21. The van der Waals surface area contributed by atoms with Gasteiger partial charge in [-0.1, -0.05) is 6.07 Å². The van der Waals surface area contributed by atoms with Crippen molar-refractivity contribution < 1.29 is 19.0 Å². The molecular formula is C12H12FNO3. The number of ether oxygens (including phenoxy) is 1. The molecule has 1 aliphatic carbocycles. The van der Waals surface area contributed by atoms with Gasteiger partial charge in [-0.05, 0) is 25.0 Å². The van der Waals surface area contributed by atoms with Crippen LogP contribution in [0.15, 0.2) is 18.2 Å². The van der Waals surface area contributed by atoms with E-state index in [0.717, 1.165) is 0 Å². The number of nitrogens with one attached hydrogen (secondary N) is 1. The first-order chi connectivity index (χ1) is 8.15. The van der Waals surface area contributed by atoms with E-state index in [4.69, 9.17) is 9.84 Å². The van der Waals surface area contributed by atoms with E-state index in [1.54, 1.807) is 6.07 Å². The second-order valence-electron chi connectivity index (χ2n) is 4.44. The molecule has 1 unspecified atom stereocenters. The summed E-state index contributed by atoms with van der Waals surface area (Å²) in [6.45, 7) is 0. The van der Waals surface area contributed by atoms with Crippen LogP contribution in [-0.4, -0.2) is 23.2 Å². The first kappa shape index (κ1) is 10.7. The number of hydrogen-bond donors (Lipinski definition) is 2. The molecule has 1 aromatic rings. The summed E-state index contributed by atoms with van der Waals surface area (Å²) >= 11 is 0. The molecule has 1 atom stereocenters. The predicted molar refractivity (Wildman–Crippen MR) is 56.7 cm³/mol. The summed E-state index contributed by atoms with van der Waals surface area (Å²) in [5, 5.41) is 11.7. The molecule has 1 aromatic carbocycles. The van der Waals surface area contributed by atoms with E-state index in [1.807, 2.05) is 0 Å². The van der Waals surface area contributed by atoms with Crippen molar-refractivity contribution in [2.75, 3.05) is 0 Å². The second kappa shape index (κ2) is 3.78. The first-order valence-corrected chi connectivity index (χ1v) is 5.58. The van der Waals surface area contributed by atoms with Crippen LogP contribution in [0.4, 0.5) is 4.39 Å². The molecule has 0 bridgehead atoms. The SMILES string of the molecule is O=C1NC(OC2CC(O)C2)c2c(F)cccc21. The van der Waals surface area contributed by atoms with Crippen LogP contribution < -0.4 is 5.32 Å². The molecule has 1 amide bonds. The minimum Gasteiger partial charge on any atom is -0.393 e. The standard InChI is InChI=1S/C12H12FNO3/c13-9-3-1-2-8-10(9)12(14-11(8)16)17-7-4-6(15)5-7/h1-3,6-7,12,15H,4-5H2,(H,14,16). The van der Waals surface area contributed by atoms with Crippen molar-refractivity contribution >= 4 is 5.91 Å². The van der Waals surface area contributed by atoms with E-state index in [-0.39, 0.29) is 23.7 Å². The molecule has 3 rings (SSSR count). The lowest BCUT2D eigenvalue weighted by molar-refractivity contribution is -0.110. The maximum absolute atomic E-state index is 13.6. The van der Waals surface area contributed by atoms with Gasteiger partial charge in [0.1, 0.15) is 5.82 Å². The Bertz CT molecular complexity index is 471. The van der Waals surface area contributed by atoms with Crippen molar-refractivity contribution in [2.24, 2.45) is 0 Å². The molecule has 4 nitrogen and oxygen atoms in total. The molecule has 0 spiro atoms. The van der Waals surface area contributed by atoms with Gasteiger partial charge in [0.25, 0.3) is 5.91 Å². The summed E-state index contributed by atoms with van der Waals surface area (Å²) in [6.07, 6.45) is -0.0963. The van der Waals surface area contributed by atoms with Crippen molar-refractivity contribution in [3.63, 3.8) is 0 Å². The van der Waals surface area contributed by atoms with E-state index in [0.29, 0.717) is 18.4 Å². The average molecular weight is 237 g/mol. The third kappa shape index (κ3) is 1.71. The topological polar surface area (TPSA) is 58.6 Å². The smallest absolute Gasteiger partial charge is 0.254 e. The highest BCUT2D eigenvalue weighted by molar-refractivity contribution is 5.98. The van der Waals surface area contributed by atoms with Crippen LogP contribution in [0, 0.1) is 5.82 Å². The summed E-state index contributed by atoms with van der Waals surface area (Å²) in [7, 11) is 0. The van der Waals surface area contributed by atoms with E-state index in [9.17, 15) is 9.18 Å². The maximum atomic E-state index is 13.6. The fourth-order valence-corrected chi connectivity index (χ4v) is 2.21. The van der Waals surface area contributed by atoms with Crippen LogP contribution in [0.25, 0.3) is 0 Å². The van der Waals surface area contributed by atoms with Gasteiger partial charge in [-0.15, -0.1) is 0 Å². The van der Waals surface area contributed by atoms with E-state index in [2.05, 4.69) is 5.32 Å². The van der Waals surface area contributed by atoms with Crippen LogP contribution in [0.3, 0.4) is 0 Å². The van der Waals surface area contributed by atoms with E-state index in [1.165, 1.54) is 12.1 Å². The molecule has 5 heteroatoms. The van der Waals surface area contributed by atoms with Crippen LogP contribution >= 0.6 is 0 Å². The van der Waals surface area contributed by atoms with Gasteiger partial charge in [0.2, 0.25) is 0 Å². The molecule has 1 aliphatic heterocycles. The van der Waals surface area contributed by atoms with Gasteiger partial charge < -0.3 is 15.2 Å². The number of rotatable bonds is 2. The Labute approximate surface area is 97.4 Å². The number of carbonyl (C=O) groups excluding carboxylic acids is 1. The number of benzene rings is 1. The third-order valence-electron chi connectivity index (χ3n) is 3.22. The van der Waals surface area contributed by atoms with Crippen LogP contribution in [-0.2, 0) is 4.74 Å². The van der Waals surface area contributed by atoms with Crippen LogP contribution in [0.1, 0.15) is 35.0 Å². The molecule has 0 aromatic heterocycles. The van der Waals surface area contributed by atoms with Gasteiger partial charge in [0, 0.05) is 5.56 Å². The largest absolute Gasteiger partial charge is 0.393 e. The third-order valence-corrected chi connectivity index (χ3v) is 3.22. The molecular weight excluding hydrogens is 225 g/mol. The number of hydrogen-bond acceptors (Lipinski definition) is 3. The number of carbonyl (C=O) groups is 1. The average Bonchev–Trinajstić information content (AvgIpc) is 2.55. The lowest BCUT2D eigenvalue weighted by Gasteiger charge is -2.33. The minimum absolute atomic E-state index is 0.110. The number of fused-ring (bicyclic) bond motifs is 1. The molecule has 1 heterocycles. The van der Waals surface area contributed by atoms with Gasteiger partial charge in [-0.2, -0.15) is 0 Å². The summed E-state index contributed by atoms with van der Waals surface area (Å²) in [5.74, 6) is -0.755. The summed E-state index contributed by atoms with van der Waals surface area (Å²) < 4.78 is 19.2. The molecule has 1 saturated carbocycles. The van der Waals surface area contributed by atoms with E-state index < -0.39 is 12.0 Å². The molecule has 0 saturated heterocycles. The summed E-state index contributed by atoms with van der Waals surface area (Å²) in [4.78, 5) is 11.6. The van der Waals surface area contributed by atoms with Crippen LogP contribution in [0.5, 0.6) is 0 Å². The summed E-state index contributed by atoms with van der Waals surface area (Å²) in [6, 6.07) is 4.39. The van der Waals surface area contributed by atoms with Crippen molar-refractivity contribution in [3.05, 3.63) is 35.1 Å². The van der Waals surface area contributed by atoms with Gasteiger partial charge >= 0.3 is 0 Å². The highest BCUT2D eigenvalue weighted by Gasteiger charge is 2.37. The monoisotopic (exact) mass is 237 g/mol. The Hall–Kier alpha value is -1.46. The Morgan fingerprint density at radius 2 is 2.18 bits per heavy atom. The zero-order valence-corrected chi connectivity index (χ0v) is 9.02. The Morgan fingerprint density at radius 1 is 1.41 bits per heavy atom. The zero-order valence-electron chi connectivity index (χ0n) is 9.02. The molecule has 0 radical (unpaired) electrons. The quantitative estimate of drug-likeness (QED) is 0.810. The van der Waals surface area contributed by atoms with Crippen molar-refractivity contribution in [2.45, 2.75) is 31.3 Å². The highest BCUT2D eigenvalue weighted by Crippen LogP contribution is 2.33. The van der Waals surface area contributed by atoms with Gasteiger partial charge in [-0.3, -0.25) is 4.79 Å². The van der Waals surface area contributed by atoms with Gasteiger partial charge in [-0.25, -0.2) is 4.39 Å². The molecule has 1 fully saturated rings. The number of amides is 1. The number of aliphatic hydroxyl groups excluding tert-OH is 1. The Kier molecular flexibility index (Phi) is 2.38. The molecule has 2 aliphatic rings. The second-order valence-corrected chi connectivity index (χ2v) is 4.44. The zero-order chi connectivity index (χ0) is 12.0. The van der Waals surface area contributed by atoms with Crippen molar-refractivity contribution in [3.8, 4) is 0 Å². The Morgan fingerprint density at radius 3 is 2.88 bits per heavy atom. The highest BCUT2D eigenvalue weighted by atomic mass is 19.1. The normalized spacial score (nSPS) is 30.7. The van der Waals surface area contributed by atoms with Crippen molar-refractivity contribution in [1.82, 2.24) is 5.32 Å². The minimum atomic E-state index is -0.726. The molecule has 90 valence electrons. The van der Waals surface area contributed by atoms with Gasteiger partial charge in [0.15, 0.2) is 6.23 Å². The fraction of sp³-hybridized carbons (Fsp3) is 0.417. The molecule has 17 heavy (non-hydrogen) atoms. The van der Waals surface area contributed by atoms with E-state index >= 15 is 0 Å². The van der Waals surface area contributed by atoms with Crippen molar-refractivity contribution in [1.29, 1.82) is 0 Å². The maximum Gasteiger partial charge on any atom is 0.254 e. The lowest BCUT2D eigenvalue weighted by atomic mass is 9.92. The lowest BCUT2D eigenvalue weighted by Crippen LogP contribution is -2.38. The predicted octanol–water partition coefficient (Wildman–Crippen LogP) is 1.11. The number of aliphatic hydroxyl groups is 1. The Balaban J connectivity index is 1.83.